The Labute approximate surface area is 182 Å². The molecule has 1 heterocycles. The lowest BCUT2D eigenvalue weighted by molar-refractivity contribution is -0.137. The fourth-order valence-electron chi connectivity index (χ4n) is 3.81. The fourth-order valence-corrected chi connectivity index (χ4v) is 3.81. The van der Waals surface area contributed by atoms with Gasteiger partial charge in [-0.2, -0.15) is 0 Å². The monoisotopic (exact) mass is 412 g/mol. The number of anilines is 1. The van der Waals surface area contributed by atoms with Gasteiger partial charge in [-0.1, -0.05) is 60.7 Å². The van der Waals surface area contributed by atoms with E-state index in [4.69, 9.17) is 4.74 Å². The summed E-state index contributed by atoms with van der Waals surface area (Å²) in [6.07, 6.45) is 0. The van der Waals surface area contributed by atoms with Crippen molar-refractivity contribution < 1.29 is 14.3 Å². The molecule has 4 rings (SSSR count). The molecule has 5 heteroatoms. The summed E-state index contributed by atoms with van der Waals surface area (Å²) in [4.78, 5) is 30.3. The van der Waals surface area contributed by atoms with E-state index in [9.17, 15) is 9.59 Å². The average Bonchev–Trinajstić information content (AvgIpc) is 3.06. The van der Waals surface area contributed by atoms with Crippen LogP contribution in [0.1, 0.15) is 18.1 Å². The van der Waals surface area contributed by atoms with Gasteiger partial charge in [0.25, 0.3) is 11.8 Å². The van der Waals surface area contributed by atoms with E-state index in [0.717, 1.165) is 22.6 Å². The molecule has 0 bridgehead atoms. The van der Waals surface area contributed by atoms with E-state index in [1.54, 1.807) is 7.11 Å². The van der Waals surface area contributed by atoms with Crippen LogP contribution in [-0.2, 0) is 16.1 Å². The average molecular weight is 412 g/mol. The number of para-hydroxylation sites is 1. The highest BCUT2D eigenvalue weighted by Gasteiger charge is 2.41. The number of ether oxygens (including phenoxy) is 1. The van der Waals surface area contributed by atoms with Gasteiger partial charge in [0.2, 0.25) is 0 Å². The zero-order valence-electron chi connectivity index (χ0n) is 17.6. The van der Waals surface area contributed by atoms with Gasteiger partial charge < -0.3 is 9.64 Å². The second kappa shape index (κ2) is 8.88. The summed E-state index contributed by atoms with van der Waals surface area (Å²) in [6.45, 7) is 2.74. The highest BCUT2D eigenvalue weighted by Crippen LogP contribution is 2.35. The van der Waals surface area contributed by atoms with Crippen LogP contribution in [0.2, 0.25) is 0 Å². The molecule has 0 saturated heterocycles. The van der Waals surface area contributed by atoms with Crippen LogP contribution in [0.4, 0.5) is 5.69 Å². The van der Waals surface area contributed by atoms with Crippen LogP contribution < -0.4 is 9.64 Å². The summed E-state index contributed by atoms with van der Waals surface area (Å²) in [5, 5.41) is 0. The van der Waals surface area contributed by atoms with Crippen molar-refractivity contribution >= 4 is 23.1 Å². The van der Waals surface area contributed by atoms with Crippen LogP contribution in [0.3, 0.4) is 0 Å². The molecule has 0 aromatic heterocycles. The van der Waals surface area contributed by atoms with Gasteiger partial charge >= 0.3 is 0 Å². The van der Waals surface area contributed by atoms with Crippen LogP contribution in [0, 0.1) is 0 Å². The number of imide groups is 1. The highest BCUT2D eigenvalue weighted by molar-refractivity contribution is 6.36. The predicted octanol–water partition coefficient (Wildman–Crippen LogP) is 4.50. The van der Waals surface area contributed by atoms with Crippen LogP contribution >= 0.6 is 0 Å². The molecule has 3 aromatic carbocycles. The van der Waals surface area contributed by atoms with Crippen molar-refractivity contribution in [1.82, 2.24) is 4.90 Å². The van der Waals surface area contributed by atoms with Gasteiger partial charge in [0.15, 0.2) is 0 Å². The summed E-state index contributed by atoms with van der Waals surface area (Å²) in [5.41, 5.74) is 3.32. The van der Waals surface area contributed by atoms with E-state index < -0.39 is 0 Å². The van der Waals surface area contributed by atoms with Crippen LogP contribution in [0.5, 0.6) is 5.75 Å². The lowest BCUT2D eigenvalue weighted by Crippen LogP contribution is -2.34. The lowest BCUT2D eigenvalue weighted by Gasteiger charge is -2.25. The smallest absolute Gasteiger partial charge is 0.278 e. The zero-order valence-corrected chi connectivity index (χ0v) is 17.6. The summed E-state index contributed by atoms with van der Waals surface area (Å²) >= 11 is 0. The molecular weight excluding hydrogens is 388 g/mol. The van der Waals surface area contributed by atoms with Gasteiger partial charge in [0.05, 0.1) is 19.2 Å². The second-order valence-corrected chi connectivity index (χ2v) is 7.21. The molecule has 0 unspecified atom stereocenters. The third kappa shape index (κ3) is 3.94. The van der Waals surface area contributed by atoms with E-state index in [0.29, 0.717) is 17.8 Å². The Balaban J connectivity index is 1.77. The SMILES string of the molecule is CCN(C1=C(c2ccccc2)C(=O)N(Cc2ccc(OC)cc2)C1=O)c1ccccc1. The number of hydrogen-bond acceptors (Lipinski definition) is 4. The van der Waals surface area contributed by atoms with Crippen LogP contribution in [0.25, 0.3) is 5.57 Å². The Bertz CT molecular complexity index is 1110. The molecule has 2 amide bonds. The van der Waals surface area contributed by atoms with Gasteiger partial charge in [-0.25, -0.2) is 0 Å². The Morgan fingerprint density at radius 2 is 1.42 bits per heavy atom. The Morgan fingerprint density at radius 1 is 0.806 bits per heavy atom. The number of nitrogens with zero attached hydrogens (tertiary/aromatic N) is 2. The molecule has 0 saturated carbocycles. The van der Waals surface area contributed by atoms with E-state index in [-0.39, 0.29) is 18.4 Å². The molecule has 0 radical (unpaired) electrons. The summed E-state index contributed by atoms with van der Waals surface area (Å²) in [5.74, 6) is 0.162. The second-order valence-electron chi connectivity index (χ2n) is 7.21. The van der Waals surface area contributed by atoms with Crippen molar-refractivity contribution in [3.8, 4) is 5.75 Å². The first-order valence-electron chi connectivity index (χ1n) is 10.3. The molecule has 156 valence electrons. The number of carbonyl (C=O) groups is 2. The van der Waals surface area contributed by atoms with E-state index in [1.165, 1.54) is 4.90 Å². The Hall–Kier alpha value is -3.86. The highest BCUT2D eigenvalue weighted by atomic mass is 16.5. The van der Waals surface area contributed by atoms with Gasteiger partial charge in [0, 0.05) is 12.2 Å². The van der Waals surface area contributed by atoms with E-state index in [2.05, 4.69) is 0 Å². The van der Waals surface area contributed by atoms with Gasteiger partial charge in [-0.15, -0.1) is 0 Å². The third-order valence-electron chi connectivity index (χ3n) is 5.36. The Morgan fingerprint density at radius 3 is 2.00 bits per heavy atom. The lowest BCUT2D eigenvalue weighted by atomic mass is 10.0. The van der Waals surface area contributed by atoms with Gasteiger partial charge in [-0.05, 0) is 42.3 Å². The minimum absolute atomic E-state index is 0.202. The molecule has 31 heavy (non-hydrogen) atoms. The molecule has 1 aliphatic heterocycles. The first kappa shape index (κ1) is 20.4. The first-order chi connectivity index (χ1) is 15.1. The maximum atomic E-state index is 13.6. The standard InChI is InChI=1S/C26H24N2O3/c1-3-27(21-12-8-5-9-13-21)24-23(20-10-6-4-7-11-20)25(29)28(26(24)30)18-19-14-16-22(31-2)17-15-19/h4-17H,3,18H2,1-2H3. The van der Waals surface area contributed by atoms with Crippen molar-refractivity contribution in [3.05, 3.63) is 102 Å². The largest absolute Gasteiger partial charge is 0.497 e. The molecule has 0 N–H and O–H groups in total. The van der Waals surface area contributed by atoms with Crippen molar-refractivity contribution in [2.45, 2.75) is 13.5 Å². The maximum absolute atomic E-state index is 13.6. The molecule has 5 nitrogen and oxygen atoms in total. The van der Waals surface area contributed by atoms with E-state index >= 15 is 0 Å². The van der Waals surface area contributed by atoms with Gasteiger partial charge in [0.1, 0.15) is 11.4 Å². The quantitative estimate of drug-likeness (QED) is 0.536. The summed E-state index contributed by atoms with van der Waals surface area (Å²) < 4.78 is 5.21. The van der Waals surface area contributed by atoms with E-state index in [1.807, 2.05) is 96.8 Å². The van der Waals surface area contributed by atoms with Gasteiger partial charge in [-0.3, -0.25) is 14.5 Å². The third-order valence-corrected chi connectivity index (χ3v) is 5.36. The molecule has 3 aromatic rings. The van der Waals surface area contributed by atoms with Crippen molar-refractivity contribution in [2.75, 3.05) is 18.6 Å². The minimum Gasteiger partial charge on any atom is -0.497 e. The van der Waals surface area contributed by atoms with Crippen LogP contribution in [-0.4, -0.2) is 30.4 Å². The number of methoxy groups -OCH3 is 1. The molecular formula is C26H24N2O3. The zero-order chi connectivity index (χ0) is 21.8. The fraction of sp³-hybridized carbons (Fsp3) is 0.154. The van der Waals surface area contributed by atoms with Crippen molar-refractivity contribution in [2.24, 2.45) is 0 Å². The number of likely N-dealkylation sites (N-methyl/N-ethyl adjacent to an activating group) is 1. The van der Waals surface area contributed by atoms with Crippen LogP contribution in [0.15, 0.2) is 90.6 Å². The summed E-state index contributed by atoms with van der Waals surface area (Å²) in [6, 6.07) is 26.5. The minimum atomic E-state index is -0.287. The Kier molecular flexibility index (Phi) is 5.85. The molecule has 0 fully saturated rings. The van der Waals surface area contributed by atoms with Crippen molar-refractivity contribution in [1.29, 1.82) is 0 Å². The number of benzene rings is 3. The maximum Gasteiger partial charge on any atom is 0.278 e. The number of carbonyl (C=O) groups excluding carboxylic acids is 2. The topological polar surface area (TPSA) is 49.9 Å². The molecule has 0 atom stereocenters. The molecule has 0 aliphatic carbocycles. The number of amides is 2. The summed E-state index contributed by atoms with van der Waals surface area (Å²) in [7, 11) is 1.60. The number of hydrogen-bond donors (Lipinski definition) is 0. The normalized spacial score (nSPS) is 13.7. The molecule has 1 aliphatic rings. The molecule has 0 spiro atoms. The first-order valence-corrected chi connectivity index (χ1v) is 10.3. The van der Waals surface area contributed by atoms with Crippen molar-refractivity contribution in [3.63, 3.8) is 0 Å². The number of rotatable bonds is 7. The predicted molar refractivity (Wildman–Crippen MR) is 121 cm³/mol.